The summed E-state index contributed by atoms with van der Waals surface area (Å²) in [6, 6.07) is -1.08. The number of hydrogen-bond donors (Lipinski definition) is 3. The van der Waals surface area contributed by atoms with Crippen LogP contribution in [0.2, 0.25) is 0 Å². The summed E-state index contributed by atoms with van der Waals surface area (Å²) >= 11 is 0. The van der Waals surface area contributed by atoms with Gasteiger partial charge in [-0.2, -0.15) is 0 Å². The van der Waals surface area contributed by atoms with Gasteiger partial charge in [-0.25, -0.2) is 4.21 Å². The molecule has 0 amide bonds. The zero-order valence-corrected chi connectivity index (χ0v) is 12.9. The summed E-state index contributed by atoms with van der Waals surface area (Å²) in [6.45, 7) is 0.918. The van der Waals surface area contributed by atoms with Gasteiger partial charge >= 0.3 is 5.97 Å². The molecule has 2 atom stereocenters. The van der Waals surface area contributed by atoms with Gasteiger partial charge in [0.05, 0.1) is 19.0 Å². The molecule has 2 fully saturated rings. The molecule has 0 aromatic rings. The van der Waals surface area contributed by atoms with Gasteiger partial charge in [-0.15, -0.1) is 0 Å². The summed E-state index contributed by atoms with van der Waals surface area (Å²) in [7, 11) is -2.98. The van der Waals surface area contributed by atoms with Crippen molar-refractivity contribution in [3.8, 4) is 0 Å². The maximum absolute atomic E-state index is 12.5. The highest BCUT2D eigenvalue weighted by atomic mass is 32.2. The minimum Gasteiger partial charge on any atom is -0.480 e. The minimum absolute atomic E-state index is 0.0109. The van der Waals surface area contributed by atoms with Crippen LogP contribution in [-0.4, -0.2) is 51.8 Å². The lowest BCUT2D eigenvalue weighted by atomic mass is 9.98. The predicted octanol–water partition coefficient (Wildman–Crippen LogP) is 0.768. The van der Waals surface area contributed by atoms with Crippen molar-refractivity contribution in [3.05, 3.63) is 0 Å². The molecule has 1 aliphatic heterocycles. The lowest BCUT2D eigenvalue weighted by Crippen LogP contribution is -2.45. The Morgan fingerprint density at radius 3 is 2.48 bits per heavy atom. The Morgan fingerprint density at radius 2 is 1.95 bits per heavy atom. The summed E-state index contributed by atoms with van der Waals surface area (Å²) < 4.78 is 32.0. The standard InChI is InChI=1S/C13H24N2O5S/c14-11(12(16)17)5-8-21(15,18)9-13(19-6-7-20-13)10-3-1-2-4-10/h10-11,15H,1-9,14H2,(H,16,17)/t11-,21?/m0/s1. The second kappa shape index (κ2) is 6.60. The van der Waals surface area contributed by atoms with Gasteiger partial charge in [0.25, 0.3) is 0 Å². The number of aliphatic carboxylic acids is 1. The minimum atomic E-state index is -2.98. The lowest BCUT2D eigenvalue weighted by molar-refractivity contribution is -0.176. The van der Waals surface area contributed by atoms with E-state index in [0.717, 1.165) is 25.7 Å². The maximum atomic E-state index is 12.5. The average molecular weight is 320 g/mol. The summed E-state index contributed by atoms with van der Waals surface area (Å²) in [5.74, 6) is -1.90. The number of nitrogens with one attached hydrogen (secondary N) is 1. The number of rotatable bonds is 7. The van der Waals surface area contributed by atoms with E-state index in [2.05, 4.69) is 0 Å². The Morgan fingerprint density at radius 1 is 1.38 bits per heavy atom. The Bertz CT molecular complexity index is 467. The first kappa shape index (κ1) is 16.7. The molecule has 1 saturated carbocycles. The molecule has 21 heavy (non-hydrogen) atoms. The Labute approximate surface area is 125 Å². The SMILES string of the molecule is N=S(=O)(CC[C@H](N)C(=O)O)CC1(C2CCCC2)OCCO1. The number of carboxylic acids is 1. The van der Waals surface area contributed by atoms with Crippen molar-refractivity contribution in [2.75, 3.05) is 24.7 Å². The first-order chi connectivity index (χ1) is 9.85. The van der Waals surface area contributed by atoms with Crippen molar-refractivity contribution < 1.29 is 23.6 Å². The van der Waals surface area contributed by atoms with Crippen molar-refractivity contribution >= 4 is 15.7 Å². The zero-order chi connectivity index (χ0) is 15.5. The van der Waals surface area contributed by atoms with E-state index in [1.54, 1.807) is 0 Å². The van der Waals surface area contributed by atoms with Gasteiger partial charge in [-0.1, -0.05) is 12.8 Å². The fourth-order valence-corrected chi connectivity index (χ4v) is 4.94. The number of carbonyl (C=O) groups is 1. The third kappa shape index (κ3) is 4.15. The molecule has 1 unspecified atom stereocenters. The highest BCUT2D eigenvalue weighted by Crippen LogP contribution is 2.40. The summed E-state index contributed by atoms with van der Waals surface area (Å²) in [5, 5.41) is 8.76. The molecule has 1 saturated heterocycles. The van der Waals surface area contributed by atoms with Crippen LogP contribution in [0.5, 0.6) is 0 Å². The van der Waals surface area contributed by atoms with Crippen LogP contribution in [0.4, 0.5) is 0 Å². The molecule has 1 heterocycles. The van der Waals surface area contributed by atoms with Crippen molar-refractivity contribution in [2.24, 2.45) is 11.7 Å². The summed E-state index contributed by atoms with van der Waals surface area (Å²) in [5.41, 5.74) is 5.42. The zero-order valence-electron chi connectivity index (χ0n) is 12.1. The Kier molecular flexibility index (Phi) is 5.24. The molecule has 0 bridgehead atoms. The quantitative estimate of drug-likeness (QED) is 0.636. The molecule has 4 N–H and O–H groups in total. The van der Waals surface area contributed by atoms with E-state index in [1.165, 1.54) is 0 Å². The normalized spacial score (nSPS) is 26.5. The molecule has 0 aromatic carbocycles. The van der Waals surface area contributed by atoms with E-state index in [4.69, 9.17) is 25.1 Å². The second-order valence-electron chi connectivity index (χ2n) is 5.88. The van der Waals surface area contributed by atoms with E-state index in [-0.39, 0.29) is 23.8 Å². The summed E-state index contributed by atoms with van der Waals surface area (Å²) in [4.78, 5) is 10.7. The molecule has 8 heteroatoms. The number of hydrogen-bond acceptors (Lipinski definition) is 6. The molecular formula is C13H24N2O5S. The van der Waals surface area contributed by atoms with Crippen LogP contribution >= 0.6 is 0 Å². The van der Waals surface area contributed by atoms with Crippen LogP contribution in [-0.2, 0) is 24.0 Å². The summed E-state index contributed by atoms with van der Waals surface area (Å²) in [6.07, 6.45) is 4.15. The molecular weight excluding hydrogens is 296 g/mol. The molecule has 2 rings (SSSR count). The van der Waals surface area contributed by atoms with Crippen LogP contribution in [0.25, 0.3) is 0 Å². The van der Waals surface area contributed by atoms with Gasteiger partial charge in [0, 0.05) is 21.4 Å². The third-order valence-electron chi connectivity index (χ3n) is 4.26. The highest BCUT2D eigenvalue weighted by molar-refractivity contribution is 7.92. The average Bonchev–Trinajstić information content (AvgIpc) is 3.06. The molecule has 1 aliphatic carbocycles. The second-order valence-corrected chi connectivity index (χ2v) is 8.20. The monoisotopic (exact) mass is 320 g/mol. The Hall–Kier alpha value is -0.700. The smallest absolute Gasteiger partial charge is 0.320 e. The number of carboxylic acid groups (broad SMARTS) is 1. The predicted molar refractivity (Wildman–Crippen MR) is 77.4 cm³/mol. The number of nitrogens with two attached hydrogens (primary N) is 1. The van der Waals surface area contributed by atoms with Crippen LogP contribution < -0.4 is 5.73 Å². The fraction of sp³-hybridized carbons (Fsp3) is 0.923. The molecule has 2 aliphatic rings. The first-order valence-electron chi connectivity index (χ1n) is 7.35. The topological polar surface area (TPSA) is 123 Å². The maximum Gasteiger partial charge on any atom is 0.320 e. The molecule has 0 spiro atoms. The van der Waals surface area contributed by atoms with Gasteiger partial charge in [-0.05, 0) is 19.3 Å². The highest BCUT2D eigenvalue weighted by Gasteiger charge is 2.47. The van der Waals surface area contributed by atoms with E-state index in [0.29, 0.717) is 13.2 Å². The van der Waals surface area contributed by atoms with E-state index >= 15 is 0 Å². The Balaban J connectivity index is 2.00. The van der Waals surface area contributed by atoms with Gasteiger partial charge in [-0.3, -0.25) is 9.57 Å². The molecule has 0 radical (unpaired) electrons. The van der Waals surface area contributed by atoms with Crippen molar-refractivity contribution in [2.45, 2.75) is 43.9 Å². The van der Waals surface area contributed by atoms with E-state index in [1.807, 2.05) is 0 Å². The largest absolute Gasteiger partial charge is 0.480 e. The van der Waals surface area contributed by atoms with Crippen LogP contribution in [0.1, 0.15) is 32.1 Å². The molecule has 7 nitrogen and oxygen atoms in total. The van der Waals surface area contributed by atoms with E-state index in [9.17, 15) is 9.00 Å². The van der Waals surface area contributed by atoms with Gasteiger partial charge in [0.2, 0.25) is 0 Å². The van der Waals surface area contributed by atoms with Gasteiger partial charge in [0.15, 0.2) is 5.79 Å². The van der Waals surface area contributed by atoms with Crippen LogP contribution in [0, 0.1) is 10.7 Å². The van der Waals surface area contributed by atoms with E-state index < -0.39 is 27.5 Å². The third-order valence-corrected chi connectivity index (χ3v) is 6.03. The van der Waals surface area contributed by atoms with Crippen molar-refractivity contribution in [1.82, 2.24) is 0 Å². The molecule has 0 aromatic heterocycles. The van der Waals surface area contributed by atoms with Crippen LogP contribution in [0.15, 0.2) is 0 Å². The van der Waals surface area contributed by atoms with Gasteiger partial charge in [0.1, 0.15) is 6.04 Å². The first-order valence-corrected chi connectivity index (χ1v) is 9.25. The number of ether oxygens (including phenoxy) is 2. The van der Waals surface area contributed by atoms with Crippen molar-refractivity contribution in [1.29, 1.82) is 4.78 Å². The lowest BCUT2D eigenvalue weighted by Gasteiger charge is -2.34. The van der Waals surface area contributed by atoms with Gasteiger partial charge < -0.3 is 20.3 Å². The fourth-order valence-electron chi connectivity index (χ4n) is 3.11. The van der Waals surface area contributed by atoms with Crippen LogP contribution in [0.3, 0.4) is 0 Å². The van der Waals surface area contributed by atoms with Crippen molar-refractivity contribution in [3.63, 3.8) is 0 Å². The molecule has 122 valence electrons.